The van der Waals surface area contributed by atoms with Gasteiger partial charge < -0.3 is 4.74 Å². The van der Waals surface area contributed by atoms with Gasteiger partial charge >= 0.3 is 0 Å². The fourth-order valence-corrected chi connectivity index (χ4v) is 5.31. The average Bonchev–Trinajstić information content (AvgIpc) is 2.90. The predicted molar refractivity (Wildman–Crippen MR) is 110 cm³/mol. The Morgan fingerprint density at radius 2 is 2.23 bits per heavy atom. The molecule has 5 nitrogen and oxygen atoms in total. The fourth-order valence-electron chi connectivity index (χ4n) is 3.80. The molecule has 0 saturated carbocycles. The number of fused-ring (bicyclic) bond motifs is 1. The van der Waals surface area contributed by atoms with Crippen LogP contribution >= 0.6 is 27.7 Å². The minimum atomic E-state index is -0.192. The number of H-pyrrole nitrogens is 1. The van der Waals surface area contributed by atoms with Gasteiger partial charge in [0.1, 0.15) is 0 Å². The highest BCUT2D eigenvalue weighted by atomic mass is 79.9. The Hall–Kier alpha value is -1.31. The maximum absolute atomic E-state index is 12.9. The number of aliphatic imine (C=N–C) groups is 1. The average molecular weight is 436 g/mol. The van der Waals surface area contributed by atoms with Crippen molar-refractivity contribution in [2.45, 2.75) is 50.5 Å². The molecule has 1 saturated heterocycles. The van der Waals surface area contributed by atoms with E-state index in [1.807, 2.05) is 23.7 Å². The number of halogens is 1. The molecule has 0 radical (unpaired) electrons. The summed E-state index contributed by atoms with van der Waals surface area (Å²) < 4.78 is 8.84. The molecule has 4 rings (SSSR count). The van der Waals surface area contributed by atoms with Crippen LogP contribution in [0.5, 0.6) is 0 Å². The molecule has 0 aliphatic carbocycles. The van der Waals surface area contributed by atoms with Crippen molar-refractivity contribution in [3.05, 3.63) is 50.2 Å². The molecule has 2 aliphatic heterocycles. The topological polar surface area (TPSA) is 59.4 Å². The predicted octanol–water partition coefficient (Wildman–Crippen LogP) is 4.96. The number of ether oxygens (including phenoxy) is 1. The monoisotopic (exact) mass is 435 g/mol. The summed E-state index contributed by atoms with van der Waals surface area (Å²) in [6, 6.07) is 8.34. The van der Waals surface area contributed by atoms with Crippen LogP contribution in [0.4, 0.5) is 5.82 Å². The Labute approximate surface area is 165 Å². The quantitative estimate of drug-likeness (QED) is 0.725. The third kappa shape index (κ3) is 3.32. The SMILES string of the molecule is CC1=Nc2c(c(=O)[nH]n2C2CCOC(C)(C)C2)C(c2cccc(Br)c2)S1. The van der Waals surface area contributed by atoms with Gasteiger partial charge in [0.25, 0.3) is 5.56 Å². The Bertz CT molecular complexity index is 931. The highest BCUT2D eigenvalue weighted by Gasteiger charge is 2.35. The molecule has 1 fully saturated rings. The first-order valence-electron chi connectivity index (χ1n) is 8.80. The van der Waals surface area contributed by atoms with Crippen molar-refractivity contribution in [2.75, 3.05) is 6.61 Å². The first-order valence-corrected chi connectivity index (χ1v) is 10.5. The van der Waals surface area contributed by atoms with E-state index in [9.17, 15) is 4.79 Å². The smallest absolute Gasteiger partial charge is 0.271 e. The summed E-state index contributed by atoms with van der Waals surface area (Å²) in [6.45, 7) is 6.90. The minimum Gasteiger partial charge on any atom is -0.375 e. The molecule has 2 aromatic rings. The van der Waals surface area contributed by atoms with Crippen molar-refractivity contribution in [3.63, 3.8) is 0 Å². The second-order valence-electron chi connectivity index (χ2n) is 7.49. The first kappa shape index (κ1) is 18.1. The van der Waals surface area contributed by atoms with Gasteiger partial charge in [-0.3, -0.25) is 14.6 Å². The third-order valence-corrected chi connectivity index (χ3v) is 6.61. The van der Waals surface area contributed by atoms with Gasteiger partial charge in [-0.15, -0.1) is 0 Å². The van der Waals surface area contributed by atoms with E-state index in [1.165, 1.54) is 0 Å². The van der Waals surface area contributed by atoms with Crippen LogP contribution in [0.2, 0.25) is 0 Å². The van der Waals surface area contributed by atoms with Crippen LogP contribution in [0.25, 0.3) is 0 Å². The lowest BCUT2D eigenvalue weighted by Gasteiger charge is -2.36. The Balaban J connectivity index is 1.80. The van der Waals surface area contributed by atoms with Crippen LogP contribution in [0, 0.1) is 0 Å². The lowest BCUT2D eigenvalue weighted by atomic mass is 9.94. The summed E-state index contributed by atoms with van der Waals surface area (Å²) in [5.41, 5.74) is 1.62. The number of hydrogen-bond donors (Lipinski definition) is 1. The molecule has 1 aromatic carbocycles. The molecule has 2 atom stereocenters. The number of aromatic nitrogens is 2. The number of rotatable bonds is 2. The Morgan fingerprint density at radius 1 is 1.42 bits per heavy atom. The standard InChI is InChI=1S/C19H22BrN3O2S/c1-11-21-17-15(16(26-11)12-5-4-6-13(20)9-12)18(24)22-23(17)14-7-8-25-19(2,3)10-14/h4-6,9,14,16H,7-8,10H2,1-3H3,(H,22,24). The van der Waals surface area contributed by atoms with Crippen LogP contribution in [0.1, 0.15) is 56.0 Å². The summed E-state index contributed by atoms with van der Waals surface area (Å²) in [5.74, 6) is 0.777. The van der Waals surface area contributed by atoms with Crippen molar-refractivity contribution < 1.29 is 4.74 Å². The number of thioether (sulfide) groups is 1. The summed E-state index contributed by atoms with van der Waals surface area (Å²) in [7, 11) is 0. The molecule has 2 aliphatic rings. The lowest BCUT2D eigenvalue weighted by Crippen LogP contribution is -2.35. The number of nitrogens with one attached hydrogen (secondary N) is 1. The van der Waals surface area contributed by atoms with Crippen molar-refractivity contribution >= 4 is 38.6 Å². The van der Waals surface area contributed by atoms with Gasteiger partial charge in [-0.25, -0.2) is 4.99 Å². The van der Waals surface area contributed by atoms with Gasteiger partial charge in [-0.2, -0.15) is 0 Å². The first-order chi connectivity index (χ1) is 12.3. The van der Waals surface area contributed by atoms with Crippen molar-refractivity contribution in [3.8, 4) is 0 Å². The van der Waals surface area contributed by atoms with E-state index >= 15 is 0 Å². The van der Waals surface area contributed by atoms with Crippen LogP contribution in [-0.2, 0) is 4.74 Å². The van der Waals surface area contributed by atoms with E-state index in [-0.39, 0.29) is 22.5 Å². The van der Waals surface area contributed by atoms with Crippen molar-refractivity contribution in [2.24, 2.45) is 4.99 Å². The number of nitrogens with zero attached hydrogens (tertiary/aromatic N) is 2. The largest absolute Gasteiger partial charge is 0.375 e. The van der Waals surface area contributed by atoms with Gasteiger partial charge in [0.05, 0.1) is 27.5 Å². The zero-order valence-electron chi connectivity index (χ0n) is 15.1. The Morgan fingerprint density at radius 3 is 2.96 bits per heavy atom. The van der Waals surface area contributed by atoms with Gasteiger partial charge in [-0.1, -0.05) is 39.8 Å². The maximum atomic E-state index is 12.9. The molecule has 3 heterocycles. The molecule has 0 spiro atoms. The summed E-state index contributed by atoms with van der Waals surface area (Å²) in [5, 5.41) is 4.00. The minimum absolute atomic E-state index is 0.0435. The number of benzene rings is 1. The van der Waals surface area contributed by atoms with Gasteiger partial charge in [-0.05, 0) is 51.3 Å². The highest BCUT2D eigenvalue weighted by Crippen LogP contribution is 2.45. The molecule has 1 aromatic heterocycles. The molecular weight excluding hydrogens is 414 g/mol. The van der Waals surface area contributed by atoms with Crippen LogP contribution in [0.3, 0.4) is 0 Å². The summed E-state index contributed by atoms with van der Waals surface area (Å²) >= 11 is 5.17. The fraction of sp³-hybridized carbons (Fsp3) is 0.474. The normalized spacial score (nSPS) is 24.8. The zero-order valence-corrected chi connectivity index (χ0v) is 17.5. The van der Waals surface area contributed by atoms with E-state index in [0.717, 1.165) is 39.3 Å². The van der Waals surface area contributed by atoms with E-state index in [1.54, 1.807) is 11.8 Å². The Kier molecular flexibility index (Phi) is 4.65. The van der Waals surface area contributed by atoms with E-state index in [4.69, 9.17) is 9.73 Å². The molecule has 0 bridgehead atoms. The van der Waals surface area contributed by atoms with Crippen molar-refractivity contribution in [1.82, 2.24) is 9.78 Å². The molecule has 2 unspecified atom stereocenters. The number of aromatic amines is 1. The summed E-state index contributed by atoms with van der Waals surface area (Å²) in [6.07, 6.45) is 1.73. The van der Waals surface area contributed by atoms with E-state index in [0.29, 0.717) is 6.61 Å². The molecule has 1 N–H and O–H groups in total. The van der Waals surface area contributed by atoms with Crippen LogP contribution in [0.15, 0.2) is 38.5 Å². The zero-order chi connectivity index (χ0) is 18.5. The molecule has 26 heavy (non-hydrogen) atoms. The van der Waals surface area contributed by atoms with Crippen LogP contribution < -0.4 is 5.56 Å². The van der Waals surface area contributed by atoms with E-state index in [2.05, 4.69) is 47.0 Å². The highest BCUT2D eigenvalue weighted by molar-refractivity contribution is 9.10. The van der Waals surface area contributed by atoms with Crippen molar-refractivity contribution in [1.29, 1.82) is 0 Å². The maximum Gasteiger partial charge on any atom is 0.271 e. The van der Waals surface area contributed by atoms with Crippen LogP contribution in [-0.4, -0.2) is 27.0 Å². The molecule has 7 heteroatoms. The van der Waals surface area contributed by atoms with Gasteiger partial charge in [0.15, 0.2) is 5.82 Å². The second kappa shape index (κ2) is 6.69. The number of hydrogen-bond acceptors (Lipinski definition) is 4. The molecule has 138 valence electrons. The van der Waals surface area contributed by atoms with Gasteiger partial charge in [0.2, 0.25) is 0 Å². The lowest BCUT2D eigenvalue weighted by molar-refractivity contribution is -0.0705. The van der Waals surface area contributed by atoms with E-state index < -0.39 is 0 Å². The molecular formula is C19H22BrN3O2S. The molecule has 0 amide bonds. The third-order valence-electron chi connectivity index (χ3n) is 4.94. The van der Waals surface area contributed by atoms with Gasteiger partial charge in [0, 0.05) is 11.1 Å². The second-order valence-corrected chi connectivity index (χ2v) is 9.70. The summed E-state index contributed by atoms with van der Waals surface area (Å²) in [4.78, 5) is 17.6.